The molecule has 4 fully saturated rings. The zero-order chi connectivity index (χ0) is 17.0. The summed E-state index contributed by atoms with van der Waals surface area (Å²) < 4.78 is 10.6. The van der Waals surface area contributed by atoms with Crippen LogP contribution in [-0.4, -0.2) is 23.9 Å². The van der Waals surface area contributed by atoms with E-state index in [0.29, 0.717) is 28.2 Å². The number of carbonyl (C=O) groups excluding carboxylic acids is 1. The smallest absolute Gasteiger partial charge is 0.257 e. The van der Waals surface area contributed by atoms with E-state index < -0.39 is 0 Å². The maximum absolute atomic E-state index is 12.5. The predicted octanol–water partition coefficient (Wildman–Crippen LogP) is 2.84. The van der Waals surface area contributed by atoms with Gasteiger partial charge in [-0.15, -0.1) is 0 Å². The van der Waals surface area contributed by atoms with Crippen LogP contribution in [0.3, 0.4) is 0 Å². The zero-order valence-corrected chi connectivity index (χ0v) is 14.8. The van der Waals surface area contributed by atoms with E-state index in [0.717, 1.165) is 23.7 Å². The van der Waals surface area contributed by atoms with Crippen molar-refractivity contribution in [1.82, 2.24) is 10.6 Å². The largest absolute Gasteiger partial charge is 0.454 e. The van der Waals surface area contributed by atoms with Gasteiger partial charge in [0, 0.05) is 11.6 Å². The molecule has 25 heavy (non-hydrogen) atoms. The van der Waals surface area contributed by atoms with Gasteiger partial charge < -0.3 is 14.8 Å². The number of ether oxygens (including phenoxy) is 2. The van der Waals surface area contributed by atoms with Crippen molar-refractivity contribution in [3.05, 3.63) is 23.8 Å². The second kappa shape index (κ2) is 5.87. The maximum atomic E-state index is 12.5. The Morgan fingerprint density at radius 3 is 2.40 bits per heavy atom. The lowest BCUT2D eigenvalue weighted by Crippen LogP contribution is -2.57. The van der Waals surface area contributed by atoms with E-state index >= 15 is 0 Å². The number of amides is 1. The summed E-state index contributed by atoms with van der Waals surface area (Å²) in [5.74, 6) is 4.36. The minimum absolute atomic E-state index is 0.201. The van der Waals surface area contributed by atoms with Crippen LogP contribution in [-0.2, 0) is 0 Å². The number of hydrogen-bond donors (Lipinski definition) is 2. The first-order valence-corrected chi connectivity index (χ1v) is 9.58. The topological polar surface area (TPSA) is 59.6 Å². The minimum Gasteiger partial charge on any atom is -0.454 e. The minimum atomic E-state index is -0.209. The van der Waals surface area contributed by atoms with Gasteiger partial charge in [-0.3, -0.25) is 10.1 Å². The molecule has 0 atom stereocenters. The maximum Gasteiger partial charge on any atom is 0.257 e. The fourth-order valence-corrected chi connectivity index (χ4v) is 5.79. The van der Waals surface area contributed by atoms with E-state index in [-0.39, 0.29) is 12.7 Å². The van der Waals surface area contributed by atoms with E-state index in [1.807, 2.05) is 0 Å². The van der Waals surface area contributed by atoms with Crippen LogP contribution < -0.4 is 20.1 Å². The molecule has 4 bridgehead atoms. The van der Waals surface area contributed by atoms with E-state index in [4.69, 9.17) is 21.7 Å². The van der Waals surface area contributed by atoms with Crippen LogP contribution in [0.5, 0.6) is 11.5 Å². The first-order valence-electron chi connectivity index (χ1n) is 9.17. The number of rotatable bonds is 2. The second-order valence-corrected chi connectivity index (χ2v) is 8.36. The third-order valence-corrected chi connectivity index (χ3v) is 6.61. The number of benzene rings is 1. The van der Waals surface area contributed by atoms with Crippen molar-refractivity contribution in [2.75, 3.05) is 6.79 Å². The summed E-state index contributed by atoms with van der Waals surface area (Å²) in [7, 11) is 0. The van der Waals surface area contributed by atoms with Crippen molar-refractivity contribution in [2.24, 2.45) is 23.7 Å². The molecule has 1 amide bonds. The molecule has 1 aliphatic heterocycles. The van der Waals surface area contributed by atoms with Crippen molar-refractivity contribution in [2.45, 2.75) is 38.1 Å². The van der Waals surface area contributed by atoms with Gasteiger partial charge in [0.25, 0.3) is 5.91 Å². The highest BCUT2D eigenvalue weighted by Crippen LogP contribution is 2.53. The molecule has 4 aliphatic carbocycles. The molecule has 132 valence electrons. The van der Waals surface area contributed by atoms with E-state index in [1.54, 1.807) is 18.2 Å². The van der Waals surface area contributed by atoms with Gasteiger partial charge in [0.1, 0.15) is 0 Å². The van der Waals surface area contributed by atoms with Crippen LogP contribution in [0.4, 0.5) is 0 Å². The normalized spacial score (nSPS) is 34.0. The summed E-state index contributed by atoms with van der Waals surface area (Å²) in [4.78, 5) is 12.5. The molecule has 1 heterocycles. The summed E-state index contributed by atoms with van der Waals surface area (Å²) in [6.07, 6.45) is 6.73. The molecule has 0 unspecified atom stereocenters. The number of thiocarbonyl (C=S) groups is 1. The predicted molar refractivity (Wildman–Crippen MR) is 96.6 cm³/mol. The second-order valence-electron chi connectivity index (χ2n) is 7.95. The summed E-state index contributed by atoms with van der Waals surface area (Å²) in [5.41, 5.74) is 0.526. The molecule has 0 aromatic heterocycles. The van der Waals surface area contributed by atoms with Crippen molar-refractivity contribution in [3.8, 4) is 11.5 Å². The molecular formula is C19H22N2O3S. The molecule has 2 N–H and O–H groups in total. The summed E-state index contributed by atoms with van der Waals surface area (Å²) in [6.45, 7) is 0.201. The number of carbonyl (C=O) groups is 1. The Hall–Kier alpha value is -1.82. The highest BCUT2D eigenvalue weighted by molar-refractivity contribution is 7.80. The van der Waals surface area contributed by atoms with Gasteiger partial charge in [-0.1, -0.05) is 0 Å². The molecule has 5 aliphatic rings. The van der Waals surface area contributed by atoms with Crippen LogP contribution in [0.1, 0.15) is 42.5 Å². The van der Waals surface area contributed by atoms with Gasteiger partial charge in [0.05, 0.1) is 0 Å². The average Bonchev–Trinajstić information content (AvgIpc) is 3.05. The summed E-state index contributed by atoms with van der Waals surface area (Å²) >= 11 is 5.43. The van der Waals surface area contributed by atoms with Gasteiger partial charge in [-0.2, -0.15) is 0 Å². The summed E-state index contributed by atoms with van der Waals surface area (Å²) in [6, 6.07) is 5.61. The van der Waals surface area contributed by atoms with Crippen LogP contribution in [0.2, 0.25) is 0 Å². The van der Waals surface area contributed by atoms with Crippen molar-refractivity contribution in [1.29, 1.82) is 0 Å². The molecule has 0 saturated heterocycles. The Morgan fingerprint density at radius 2 is 1.68 bits per heavy atom. The lowest BCUT2D eigenvalue weighted by Gasteiger charge is -2.54. The molecule has 0 radical (unpaired) electrons. The first-order chi connectivity index (χ1) is 12.2. The molecule has 4 saturated carbocycles. The highest BCUT2D eigenvalue weighted by Gasteiger charge is 2.48. The zero-order valence-electron chi connectivity index (χ0n) is 14.0. The van der Waals surface area contributed by atoms with Crippen LogP contribution in [0, 0.1) is 23.7 Å². The fourth-order valence-electron chi connectivity index (χ4n) is 5.56. The van der Waals surface area contributed by atoms with Gasteiger partial charge >= 0.3 is 0 Å². The number of hydrogen-bond acceptors (Lipinski definition) is 4. The van der Waals surface area contributed by atoms with Crippen LogP contribution in [0.25, 0.3) is 0 Å². The molecule has 1 aromatic carbocycles. The Labute approximate surface area is 152 Å². The first kappa shape index (κ1) is 15.4. The SMILES string of the molecule is O=C(NC(=S)NC1C2CC3CC(C2)CC1C3)c1ccc2c(c1)OCO2. The third kappa shape index (κ3) is 2.76. The Balaban J connectivity index is 1.23. The quantitative estimate of drug-likeness (QED) is 0.796. The molecule has 6 heteroatoms. The van der Waals surface area contributed by atoms with Crippen LogP contribution >= 0.6 is 12.2 Å². The van der Waals surface area contributed by atoms with E-state index in [9.17, 15) is 4.79 Å². The molecule has 0 spiro atoms. The molecule has 1 aromatic rings. The molecular weight excluding hydrogens is 336 g/mol. The number of fused-ring (bicyclic) bond motifs is 1. The van der Waals surface area contributed by atoms with E-state index in [2.05, 4.69) is 10.6 Å². The fraction of sp³-hybridized carbons (Fsp3) is 0.579. The Bertz CT molecular complexity index is 707. The van der Waals surface area contributed by atoms with Crippen molar-refractivity contribution in [3.63, 3.8) is 0 Å². The van der Waals surface area contributed by atoms with Crippen molar-refractivity contribution >= 4 is 23.2 Å². The van der Waals surface area contributed by atoms with Crippen LogP contribution in [0.15, 0.2) is 18.2 Å². The molecule has 6 rings (SSSR count). The summed E-state index contributed by atoms with van der Waals surface area (Å²) in [5, 5.41) is 6.73. The Kier molecular flexibility index (Phi) is 3.62. The number of nitrogens with one attached hydrogen (secondary N) is 2. The average molecular weight is 358 g/mol. The van der Waals surface area contributed by atoms with E-state index in [1.165, 1.54) is 32.1 Å². The van der Waals surface area contributed by atoms with Crippen molar-refractivity contribution < 1.29 is 14.3 Å². The van der Waals surface area contributed by atoms with Gasteiger partial charge in [0.15, 0.2) is 16.6 Å². The lowest BCUT2D eigenvalue weighted by atomic mass is 9.54. The standard InChI is InChI=1S/C19H22N2O3S/c22-18(12-1-2-15-16(8-12)24-9-23-15)21-19(25)20-17-13-4-10-3-11(6-13)7-14(17)5-10/h1-2,8,10-11,13-14,17H,3-7,9H2,(H2,20,21,22,25). The van der Waals surface area contributed by atoms with Gasteiger partial charge in [-0.05, 0) is 86.2 Å². The third-order valence-electron chi connectivity index (χ3n) is 6.39. The van der Waals surface area contributed by atoms with Gasteiger partial charge in [0.2, 0.25) is 6.79 Å². The molecule has 5 nitrogen and oxygen atoms in total. The highest BCUT2D eigenvalue weighted by atomic mass is 32.1. The lowest BCUT2D eigenvalue weighted by molar-refractivity contribution is -0.00692. The Morgan fingerprint density at radius 1 is 1.00 bits per heavy atom. The van der Waals surface area contributed by atoms with Gasteiger partial charge in [-0.25, -0.2) is 0 Å². The monoisotopic (exact) mass is 358 g/mol.